The molecule has 0 aliphatic heterocycles. The molecule has 0 saturated carbocycles. The molecule has 3 rings (SSSR count). The standard InChI is InChI=1S/C21H26N2O/c1-14-11-15(2)21(16(3)12-14)22-20(24)13-23(4)19-10-9-17-7-5-6-8-18(17)19/h5-8,11-12,19H,9-10,13H2,1-4H3,(H,22,24). The molecular formula is C21H26N2O. The van der Waals surface area contributed by atoms with Gasteiger partial charge < -0.3 is 5.32 Å². The molecule has 0 fully saturated rings. The van der Waals surface area contributed by atoms with Crippen molar-refractivity contribution in [2.45, 2.75) is 39.7 Å². The van der Waals surface area contributed by atoms with Crippen molar-refractivity contribution in [1.29, 1.82) is 0 Å². The Bertz CT molecular complexity index is 743. The number of rotatable bonds is 4. The number of carbonyl (C=O) groups excluding carboxylic acids is 1. The highest BCUT2D eigenvalue weighted by molar-refractivity contribution is 5.93. The van der Waals surface area contributed by atoms with Gasteiger partial charge in [-0.25, -0.2) is 0 Å². The van der Waals surface area contributed by atoms with E-state index in [1.165, 1.54) is 16.7 Å². The molecule has 1 unspecified atom stereocenters. The fraction of sp³-hybridized carbons (Fsp3) is 0.381. The molecule has 2 aromatic carbocycles. The molecule has 1 N–H and O–H groups in total. The summed E-state index contributed by atoms with van der Waals surface area (Å²) in [6.45, 7) is 6.59. The largest absolute Gasteiger partial charge is 0.324 e. The molecule has 1 aliphatic carbocycles. The molecule has 0 aromatic heterocycles. The van der Waals surface area contributed by atoms with Gasteiger partial charge in [0, 0.05) is 11.7 Å². The van der Waals surface area contributed by atoms with E-state index in [0.29, 0.717) is 12.6 Å². The van der Waals surface area contributed by atoms with Crippen molar-refractivity contribution in [3.05, 3.63) is 64.2 Å². The number of aryl methyl sites for hydroxylation is 4. The van der Waals surface area contributed by atoms with E-state index in [1.54, 1.807) is 0 Å². The Hall–Kier alpha value is -2.13. The van der Waals surface area contributed by atoms with Crippen LogP contribution in [0.4, 0.5) is 5.69 Å². The monoisotopic (exact) mass is 322 g/mol. The van der Waals surface area contributed by atoms with Crippen LogP contribution in [0.5, 0.6) is 0 Å². The number of anilines is 1. The summed E-state index contributed by atoms with van der Waals surface area (Å²) in [6, 6.07) is 13.1. The van der Waals surface area contributed by atoms with E-state index in [-0.39, 0.29) is 5.91 Å². The molecule has 1 amide bonds. The Morgan fingerprint density at radius 1 is 1.17 bits per heavy atom. The number of benzene rings is 2. The number of nitrogens with zero attached hydrogens (tertiary/aromatic N) is 1. The second-order valence-electron chi connectivity index (χ2n) is 6.99. The minimum absolute atomic E-state index is 0.0527. The van der Waals surface area contributed by atoms with E-state index in [9.17, 15) is 4.79 Å². The topological polar surface area (TPSA) is 32.3 Å². The van der Waals surface area contributed by atoms with Crippen molar-refractivity contribution < 1.29 is 4.79 Å². The highest BCUT2D eigenvalue weighted by atomic mass is 16.2. The van der Waals surface area contributed by atoms with Crippen molar-refractivity contribution in [3.63, 3.8) is 0 Å². The lowest BCUT2D eigenvalue weighted by molar-refractivity contribution is -0.117. The third-order valence-electron chi connectivity index (χ3n) is 4.97. The van der Waals surface area contributed by atoms with E-state index in [2.05, 4.69) is 53.5 Å². The summed E-state index contributed by atoms with van der Waals surface area (Å²) < 4.78 is 0. The zero-order chi connectivity index (χ0) is 17.3. The van der Waals surface area contributed by atoms with Gasteiger partial charge in [0.25, 0.3) is 0 Å². The first-order chi connectivity index (χ1) is 11.5. The van der Waals surface area contributed by atoms with Gasteiger partial charge in [0.1, 0.15) is 0 Å². The van der Waals surface area contributed by atoms with Gasteiger partial charge in [-0.3, -0.25) is 9.69 Å². The number of amides is 1. The number of likely N-dealkylation sites (N-methyl/N-ethyl adjacent to an activating group) is 1. The van der Waals surface area contributed by atoms with Crippen LogP contribution in [-0.2, 0) is 11.2 Å². The highest BCUT2D eigenvalue weighted by Crippen LogP contribution is 2.34. The average Bonchev–Trinajstić information content (AvgIpc) is 2.95. The molecule has 0 heterocycles. The van der Waals surface area contributed by atoms with Crippen LogP contribution in [0.1, 0.15) is 40.3 Å². The SMILES string of the molecule is Cc1cc(C)c(NC(=O)CN(C)C2CCc3ccccc32)c(C)c1. The van der Waals surface area contributed by atoms with Crippen molar-refractivity contribution in [2.24, 2.45) is 0 Å². The summed E-state index contributed by atoms with van der Waals surface area (Å²) in [6.07, 6.45) is 2.19. The van der Waals surface area contributed by atoms with Crippen LogP contribution in [0, 0.1) is 20.8 Å². The normalized spacial score (nSPS) is 16.3. The van der Waals surface area contributed by atoms with Crippen LogP contribution in [0.15, 0.2) is 36.4 Å². The molecule has 0 radical (unpaired) electrons. The molecule has 3 nitrogen and oxygen atoms in total. The first-order valence-electron chi connectivity index (χ1n) is 8.61. The number of fused-ring (bicyclic) bond motifs is 1. The average molecular weight is 322 g/mol. The molecule has 24 heavy (non-hydrogen) atoms. The van der Waals surface area contributed by atoms with Gasteiger partial charge in [0.15, 0.2) is 0 Å². The Labute approximate surface area is 144 Å². The zero-order valence-corrected chi connectivity index (χ0v) is 15.0. The number of hydrogen-bond acceptors (Lipinski definition) is 2. The van der Waals surface area contributed by atoms with Crippen LogP contribution in [0.3, 0.4) is 0 Å². The van der Waals surface area contributed by atoms with E-state index in [0.717, 1.165) is 29.7 Å². The summed E-state index contributed by atoms with van der Waals surface area (Å²) in [5.41, 5.74) is 7.20. The highest BCUT2D eigenvalue weighted by Gasteiger charge is 2.26. The molecule has 1 aliphatic rings. The first-order valence-corrected chi connectivity index (χ1v) is 8.61. The third kappa shape index (κ3) is 3.36. The molecule has 126 valence electrons. The first kappa shape index (κ1) is 16.7. The van der Waals surface area contributed by atoms with Gasteiger partial charge in [-0.05, 0) is 62.9 Å². The summed E-state index contributed by atoms with van der Waals surface area (Å²) in [7, 11) is 2.04. The quantitative estimate of drug-likeness (QED) is 0.916. The number of carbonyl (C=O) groups is 1. The van der Waals surface area contributed by atoms with Crippen molar-refractivity contribution >= 4 is 11.6 Å². The van der Waals surface area contributed by atoms with E-state index < -0.39 is 0 Å². The smallest absolute Gasteiger partial charge is 0.238 e. The summed E-state index contributed by atoms with van der Waals surface area (Å²) >= 11 is 0. The molecule has 0 saturated heterocycles. The lowest BCUT2D eigenvalue weighted by atomic mass is 10.0. The molecule has 1 atom stereocenters. The van der Waals surface area contributed by atoms with Gasteiger partial charge in [0.05, 0.1) is 6.54 Å². The maximum absolute atomic E-state index is 12.5. The fourth-order valence-corrected chi connectivity index (χ4v) is 3.89. The second-order valence-corrected chi connectivity index (χ2v) is 6.99. The van der Waals surface area contributed by atoms with Gasteiger partial charge in [-0.1, -0.05) is 42.0 Å². The molecule has 0 spiro atoms. The Balaban J connectivity index is 1.68. The van der Waals surface area contributed by atoms with Gasteiger partial charge in [0.2, 0.25) is 5.91 Å². The lowest BCUT2D eigenvalue weighted by Gasteiger charge is -2.25. The molecule has 2 aromatic rings. The van der Waals surface area contributed by atoms with Crippen LogP contribution >= 0.6 is 0 Å². The van der Waals surface area contributed by atoms with E-state index in [1.807, 2.05) is 20.9 Å². The predicted molar refractivity (Wildman–Crippen MR) is 99.4 cm³/mol. The van der Waals surface area contributed by atoms with Crippen molar-refractivity contribution in [1.82, 2.24) is 4.90 Å². The zero-order valence-electron chi connectivity index (χ0n) is 15.0. The predicted octanol–water partition coefficient (Wildman–Crippen LogP) is 4.17. The Morgan fingerprint density at radius 2 is 1.83 bits per heavy atom. The summed E-state index contributed by atoms with van der Waals surface area (Å²) in [5.74, 6) is 0.0527. The Kier molecular flexibility index (Phi) is 4.72. The number of nitrogens with one attached hydrogen (secondary N) is 1. The molecular weight excluding hydrogens is 296 g/mol. The lowest BCUT2D eigenvalue weighted by Crippen LogP contribution is -2.32. The minimum Gasteiger partial charge on any atom is -0.324 e. The summed E-state index contributed by atoms with van der Waals surface area (Å²) in [4.78, 5) is 14.7. The van der Waals surface area contributed by atoms with E-state index in [4.69, 9.17) is 0 Å². The minimum atomic E-state index is 0.0527. The van der Waals surface area contributed by atoms with Crippen LogP contribution in [0.25, 0.3) is 0 Å². The fourth-order valence-electron chi connectivity index (χ4n) is 3.89. The van der Waals surface area contributed by atoms with Crippen molar-refractivity contribution in [3.8, 4) is 0 Å². The maximum atomic E-state index is 12.5. The summed E-state index contributed by atoms with van der Waals surface area (Å²) in [5, 5.41) is 3.10. The number of hydrogen-bond donors (Lipinski definition) is 1. The maximum Gasteiger partial charge on any atom is 0.238 e. The molecule has 0 bridgehead atoms. The van der Waals surface area contributed by atoms with Gasteiger partial charge in [-0.15, -0.1) is 0 Å². The molecule has 3 heteroatoms. The van der Waals surface area contributed by atoms with Gasteiger partial charge >= 0.3 is 0 Å². The van der Waals surface area contributed by atoms with Crippen LogP contribution in [-0.4, -0.2) is 24.4 Å². The van der Waals surface area contributed by atoms with Crippen LogP contribution in [0.2, 0.25) is 0 Å². The third-order valence-corrected chi connectivity index (χ3v) is 4.97. The van der Waals surface area contributed by atoms with Crippen molar-refractivity contribution in [2.75, 3.05) is 18.9 Å². The Morgan fingerprint density at radius 3 is 2.54 bits per heavy atom. The van der Waals surface area contributed by atoms with Gasteiger partial charge in [-0.2, -0.15) is 0 Å². The van der Waals surface area contributed by atoms with Crippen LogP contribution < -0.4 is 5.32 Å². The van der Waals surface area contributed by atoms with E-state index >= 15 is 0 Å². The second kappa shape index (κ2) is 6.78.